The first-order chi connectivity index (χ1) is 12.6. The quantitative estimate of drug-likeness (QED) is 0.410. The zero-order valence-electron chi connectivity index (χ0n) is 14.9. The molecule has 0 aliphatic rings. The standard InChI is InChI=1S/C19H23N3O4/c1-14-6-3-4-7-16(14)25-10-5-11-26-17-9-8-15(12-18(17)24-2)13-21-22-19(20)23/h3-4,6-9,12-13H,5,10-11H2,1-2H3,(H3,20,22,23)/b21-13-. The molecular formula is C19H23N3O4. The van der Waals surface area contributed by atoms with Crippen molar-refractivity contribution >= 4 is 12.2 Å². The average Bonchev–Trinajstić information content (AvgIpc) is 2.63. The van der Waals surface area contributed by atoms with Gasteiger partial charge in [0.1, 0.15) is 5.75 Å². The molecule has 0 aliphatic carbocycles. The van der Waals surface area contributed by atoms with Gasteiger partial charge >= 0.3 is 6.03 Å². The van der Waals surface area contributed by atoms with Crippen LogP contribution in [0.3, 0.4) is 0 Å². The SMILES string of the molecule is COc1cc(/C=N\NC(N)=O)ccc1OCCCOc1ccccc1C. The van der Waals surface area contributed by atoms with Crippen molar-refractivity contribution in [2.75, 3.05) is 20.3 Å². The Hall–Kier alpha value is -3.22. The summed E-state index contributed by atoms with van der Waals surface area (Å²) in [5, 5.41) is 3.71. The molecule has 0 spiro atoms. The van der Waals surface area contributed by atoms with Crippen LogP contribution in [0.15, 0.2) is 47.6 Å². The number of urea groups is 1. The van der Waals surface area contributed by atoms with Gasteiger partial charge in [-0.05, 0) is 42.3 Å². The van der Waals surface area contributed by atoms with Gasteiger partial charge in [-0.2, -0.15) is 5.10 Å². The number of nitrogens with one attached hydrogen (secondary N) is 1. The molecule has 0 heterocycles. The number of primary amides is 1. The van der Waals surface area contributed by atoms with Crippen LogP contribution in [0.2, 0.25) is 0 Å². The predicted molar refractivity (Wildman–Crippen MR) is 100 cm³/mol. The topological polar surface area (TPSA) is 95.2 Å². The van der Waals surface area contributed by atoms with E-state index in [1.54, 1.807) is 25.3 Å². The van der Waals surface area contributed by atoms with Crippen LogP contribution in [-0.2, 0) is 0 Å². The summed E-state index contributed by atoms with van der Waals surface area (Å²) in [6, 6.07) is 12.5. The number of carbonyl (C=O) groups excluding carboxylic acids is 1. The van der Waals surface area contributed by atoms with Gasteiger partial charge < -0.3 is 19.9 Å². The van der Waals surface area contributed by atoms with Gasteiger partial charge in [0.05, 0.1) is 26.5 Å². The molecule has 0 aliphatic heterocycles. The maximum atomic E-state index is 10.6. The highest BCUT2D eigenvalue weighted by Crippen LogP contribution is 2.27. The lowest BCUT2D eigenvalue weighted by Crippen LogP contribution is -2.24. The normalized spacial score (nSPS) is 10.5. The van der Waals surface area contributed by atoms with Crippen molar-refractivity contribution in [2.24, 2.45) is 10.8 Å². The van der Waals surface area contributed by atoms with E-state index < -0.39 is 6.03 Å². The monoisotopic (exact) mass is 357 g/mol. The summed E-state index contributed by atoms with van der Waals surface area (Å²) in [5.74, 6) is 2.09. The van der Waals surface area contributed by atoms with Crippen molar-refractivity contribution in [3.8, 4) is 17.2 Å². The van der Waals surface area contributed by atoms with E-state index >= 15 is 0 Å². The number of amides is 2. The van der Waals surface area contributed by atoms with Crippen molar-refractivity contribution in [1.29, 1.82) is 0 Å². The minimum Gasteiger partial charge on any atom is -0.493 e. The molecule has 0 saturated carbocycles. The molecule has 0 atom stereocenters. The van der Waals surface area contributed by atoms with Gasteiger partial charge in [0.25, 0.3) is 0 Å². The molecule has 7 nitrogen and oxygen atoms in total. The van der Waals surface area contributed by atoms with Gasteiger partial charge in [-0.1, -0.05) is 18.2 Å². The van der Waals surface area contributed by atoms with Crippen LogP contribution in [0.1, 0.15) is 17.5 Å². The number of benzene rings is 2. The molecule has 7 heteroatoms. The van der Waals surface area contributed by atoms with E-state index in [1.165, 1.54) is 6.21 Å². The number of nitrogens with zero attached hydrogens (tertiary/aromatic N) is 1. The van der Waals surface area contributed by atoms with Crippen LogP contribution in [0.4, 0.5) is 4.79 Å². The van der Waals surface area contributed by atoms with E-state index in [4.69, 9.17) is 19.9 Å². The number of methoxy groups -OCH3 is 1. The maximum absolute atomic E-state index is 10.6. The highest BCUT2D eigenvalue weighted by Gasteiger charge is 2.05. The largest absolute Gasteiger partial charge is 0.493 e. The molecule has 0 unspecified atom stereocenters. The lowest BCUT2D eigenvalue weighted by Gasteiger charge is -2.12. The highest BCUT2D eigenvalue weighted by molar-refractivity contribution is 5.82. The van der Waals surface area contributed by atoms with Gasteiger partial charge in [-0.3, -0.25) is 0 Å². The molecular weight excluding hydrogens is 334 g/mol. The third-order valence-electron chi connectivity index (χ3n) is 3.47. The van der Waals surface area contributed by atoms with Crippen LogP contribution in [-0.4, -0.2) is 32.6 Å². The number of carbonyl (C=O) groups is 1. The lowest BCUT2D eigenvalue weighted by atomic mass is 10.2. The lowest BCUT2D eigenvalue weighted by molar-refractivity contribution is 0.239. The molecule has 2 rings (SSSR count). The summed E-state index contributed by atoms with van der Waals surface area (Å²) >= 11 is 0. The molecule has 26 heavy (non-hydrogen) atoms. The number of hydrazone groups is 1. The van der Waals surface area contributed by atoms with E-state index in [9.17, 15) is 4.79 Å². The summed E-state index contributed by atoms with van der Waals surface area (Å²) in [6.07, 6.45) is 2.20. The van der Waals surface area contributed by atoms with Gasteiger partial charge in [0.15, 0.2) is 11.5 Å². The van der Waals surface area contributed by atoms with Crippen LogP contribution < -0.4 is 25.4 Å². The van der Waals surface area contributed by atoms with Crippen LogP contribution >= 0.6 is 0 Å². The molecule has 2 aromatic rings. The van der Waals surface area contributed by atoms with E-state index in [1.807, 2.05) is 31.2 Å². The molecule has 0 bridgehead atoms. The number of hydrogen-bond donors (Lipinski definition) is 2. The second-order valence-electron chi connectivity index (χ2n) is 5.46. The second-order valence-corrected chi connectivity index (χ2v) is 5.46. The summed E-state index contributed by atoms with van der Waals surface area (Å²) in [6.45, 7) is 3.08. The first-order valence-corrected chi connectivity index (χ1v) is 8.18. The highest BCUT2D eigenvalue weighted by atomic mass is 16.5. The molecule has 2 amide bonds. The molecule has 0 fully saturated rings. The van der Waals surface area contributed by atoms with E-state index in [0.717, 1.165) is 23.3 Å². The van der Waals surface area contributed by atoms with Crippen LogP contribution in [0, 0.1) is 6.92 Å². The Labute approximate surface area is 152 Å². The van der Waals surface area contributed by atoms with Crippen molar-refractivity contribution in [1.82, 2.24) is 5.43 Å². The first-order valence-electron chi connectivity index (χ1n) is 8.18. The summed E-state index contributed by atoms with van der Waals surface area (Å²) in [5.41, 5.74) is 8.93. The van der Waals surface area contributed by atoms with Gasteiger partial charge in [0, 0.05) is 6.42 Å². The molecule has 3 N–H and O–H groups in total. The Bertz CT molecular complexity index is 762. The minimum atomic E-state index is -0.721. The molecule has 0 aromatic heterocycles. The average molecular weight is 357 g/mol. The predicted octanol–water partition coefficient (Wildman–Crippen LogP) is 2.85. The number of nitrogens with two attached hydrogens (primary N) is 1. The fourth-order valence-electron chi connectivity index (χ4n) is 2.20. The number of ether oxygens (including phenoxy) is 3. The minimum absolute atomic E-state index is 0.499. The summed E-state index contributed by atoms with van der Waals surface area (Å²) in [7, 11) is 1.56. The van der Waals surface area contributed by atoms with Gasteiger partial charge in [-0.15, -0.1) is 0 Å². The fourth-order valence-corrected chi connectivity index (χ4v) is 2.20. The zero-order chi connectivity index (χ0) is 18.8. The van der Waals surface area contributed by atoms with E-state index in [-0.39, 0.29) is 0 Å². The molecule has 0 radical (unpaired) electrons. The number of para-hydroxylation sites is 1. The fraction of sp³-hybridized carbons (Fsp3) is 0.263. The second kappa shape index (κ2) is 9.93. The van der Waals surface area contributed by atoms with Crippen molar-refractivity contribution in [2.45, 2.75) is 13.3 Å². The number of aryl methyl sites for hydroxylation is 1. The Balaban J connectivity index is 1.82. The molecule has 0 saturated heterocycles. The third-order valence-corrected chi connectivity index (χ3v) is 3.47. The summed E-state index contributed by atoms with van der Waals surface area (Å²) < 4.78 is 16.8. The van der Waals surface area contributed by atoms with Gasteiger partial charge in [-0.25, -0.2) is 10.2 Å². The molecule has 138 valence electrons. The van der Waals surface area contributed by atoms with E-state index in [2.05, 4.69) is 10.5 Å². The Kier molecular flexibility index (Phi) is 7.30. The first kappa shape index (κ1) is 19.1. The number of hydrogen-bond acceptors (Lipinski definition) is 5. The third kappa shape index (κ3) is 6.01. The van der Waals surface area contributed by atoms with Crippen molar-refractivity contribution in [3.05, 3.63) is 53.6 Å². The smallest absolute Gasteiger partial charge is 0.332 e. The van der Waals surface area contributed by atoms with E-state index in [0.29, 0.717) is 24.7 Å². The van der Waals surface area contributed by atoms with Crippen LogP contribution in [0.25, 0.3) is 0 Å². The number of rotatable bonds is 9. The van der Waals surface area contributed by atoms with Crippen molar-refractivity contribution in [3.63, 3.8) is 0 Å². The Morgan fingerprint density at radius 1 is 1.12 bits per heavy atom. The summed E-state index contributed by atoms with van der Waals surface area (Å²) in [4.78, 5) is 10.6. The van der Waals surface area contributed by atoms with Gasteiger partial charge in [0.2, 0.25) is 0 Å². The Morgan fingerprint density at radius 3 is 2.54 bits per heavy atom. The zero-order valence-corrected chi connectivity index (χ0v) is 14.9. The maximum Gasteiger partial charge on any atom is 0.332 e. The van der Waals surface area contributed by atoms with Crippen LogP contribution in [0.5, 0.6) is 17.2 Å². The Morgan fingerprint density at radius 2 is 1.85 bits per heavy atom. The van der Waals surface area contributed by atoms with Crippen molar-refractivity contribution < 1.29 is 19.0 Å². The molecule has 2 aromatic carbocycles.